The van der Waals surface area contributed by atoms with Crippen LogP contribution in [0.4, 0.5) is 10.1 Å². The van der Waals surface area contributed by atoms with Crippen molar-refractivity contribution in [2.24, 2.45) is 0 Å². The number of anilines is 1. The summed E-state index contributed by atoms with van der Waals surface area (Å²) in [6.45, 7) is 3.02. The number of carboxylic acids is 2. The Bertz CT molecular complexity index is 1330. The van der Waals surface area contributed by atoms with E-state index in [-0.39, 0.29) is 22.3 Å². The maximum atomic E-state index is 16.0. The Labute approximate surface area is 200 Å². The molecular weight excluding hydrogens is 455 g/mol. The van der Waals surface area contributed by atoms with Crippen molar-refractivity contribution in [1.29, 1.82) is 0 Å². The smallest absolute Gasteiger partial charge is 0.336 e. The van der Waals surface area contributed by atoms with Gasteiger partial charge in [0.05, 0.1) is 22.3 Å². The highest BCUT2D eigenvalue weighted by Gasteiger charge is 2.32. The lowest BCUT2D eigenvalue weighted by atomic mass is 9.86. The van der Waals surface area contributed by atoms with Crippen molar-refractivity contribution < 1.29 is 33.8 Å². The lowest BCUT2D eigenvalue weighted by molar-refractivity contribution is 0.0683. The number of rotatable bonds is 7. The molecule has 0 saturated heterocycles. The third-order valence-electron chi connectivity index (χ3n) is 5.61. The fraction of sp³-hybridized carbons (Fsp3) is 0.154. The highest BCUT2D eigenvalue weighted by molar-refractivity contribution is 6.11. The van der Waals surface area contributed by atoms with Gasteiger partial charge in [0, 0.05) is 12.7 Å². The number of halogens is 1. The number of aryl methyl sites for hydroxylation is 1. The van der Waals surface area contributed by atoms with Gasteiger partial charge in [-0.2, -0.15) is 0 Å². The predicted molar refractivity (Wildman–Crippen MR) is 127 cm³/mol. The highest BCUT2D eigenvalue weighted by Crippen LogP contribution is 2.36. The molecule has 1 unspecified atom stereocenters. The van der Waals surface area contributed by atoms with Gasteiger partial charge in [0.1, 0.15) is 0 Å². The Morgan fingerprint density at radius 3 is 1.63 bits per heavy atom. The van der Waals surface area contributed by atoms with Crippen LogP contribution in [-0.4, -0.2) is 41.0 Å². The van der Waals surface area contributed by atoms with E-state index < -0.39 is 40.5 Å². The fourth-order valence-corrected chi connectivity index (χ4v) is 3.56. The van der Waals surface area contributed by atoms with Gasteiger partial charge < -0.3 is 20.8 Å². The van der Waals surface area contributed by atoms with Gasteiger partial charge in [0.15, 0.2) is 5.67 Å². The zero-order chi connectivity index (χ0) is 25.9. The Kier molecular flexibility index (Phi) is 7.00. The van der Waals surface area contributed by atoms with E-state index in [0.29, 0.717) is 5.69 Å². The molecular formula is C26H23FN2O6. The van der Waals surface area contributed by atoms with Gasteiger partial charge in [0.25, 0.3) is 11.8 Å². The molecule has 180 valence electrons. The number of carboxylic acid groups (broad SMARTS) is 2. The third kappa shape index (κ3) is 5.19. The summed E-state index contributed by atoms with van der Waals surface area (Å²) in [5.74, 6) is -4.18. The Morgan fingerprint density at radius 2 is 1.20 bits per heavy atom. The number of alkyl halides is 1. The fourth-order valence-electron chi connectivity index (χ4n) is 3.56. The minimum absolute atomic E-state index is 0.101. The molecule has 35 heavy (non-hydrogen) atoms. The number of nitrogens with one attached hydrogen (secondary N) is 2. The summed E-state index contributed by atoms with van der Waals surface area (Å²) >= 11 is 0. The van der Waals surface area contributed by atoms with Gasteiger partial charge in [0.2, 0.25) is 0 Å². The molecule has 9 heteroatoms. The van der Waals surface area contributed by atoms with Crippen LogP contribution in [0.3, 0.4) is 0 Å². The normalized spacial score (nSPS) is 12.3. The largest absolute Gasteiger partial charge is 0.478 e. The monoisotopic (exact) mass is 478 g/mol. The number of benzene rings is 3. The molecule has 1 atom stereocenters. The molecule has 0 fully saturated rings. The molecule has 0 aliphatic rings. The number of carbonyl (C=O) groups excluding carboxylic acids is 2. The molecule has 0 aliphatic carbocycles. The van der Waals surface area contributed by atoms with Crippen LogP contribution in [-0.2, 0) is 5.67 Å². The molecule has 0 aliphatic heterocycles. The second kappa shape index (κ2) is 9.76. The second-order valence-corrected chi connectivity index (χ2v) is 8.03. The molecule has 2 amide bonds. The summed E-state index contributed by atoms with van der Waals surface area (Å²) in [5.41, 5.74) is -2.23. The summed E-state index contributed by atoms with van der Waals surface area (Å²) in [5, 5.41) is 24.1. The minimum Gasteiger partial charge on any atom is -0.478 e. The summed E-state index contributed by atoms with van der Waals surface area (Å²) in [6.07, 6.45) is 0. The van der Waals surface area contributed by atoms with Gasteiger partial charge in [-0.15, -0.1) is 0 Å². The van der Waals surface area contributed by atoms with Crippen molar-refractivity contribution in [3.8, 4) is 0 Å². The van der Waals surface area contributed by atoms with Crippen molar-refractivity contribution >= 4 is 29.4 Å². The molecule has 3 aromatic rings. The van der Waals surface area contributed by atoms with E-state index >= 15 is 4.39 Å². The van der Waals surface area contributed by atoms with Crippen molar-refractivity contribution in [2.75, 3.05) is 12.4 Å². The van der Waals surface area contributed by atoms with E-state index in [4.69, 9.17) is 0 Å². The van der Waals surface area contributed by atoms with E-state index in [9.17, 15) is 29.4 Å². The lowest BCUT2D eigenvalue weighted by Crippen LogP contribution is -2.24. The van der Waals surface area contributed by atoms with E-state index in [1.807, 2.05) is 6.92 Å². The average Bonchev–Trinajstić information content (AvgIpc) is 2.83. The first-order valence-corrected chi connectivity index (χ1v) is 10.5. The standard InChI is InChI=1S/C26H23FN2O6/c1-14-4-8-17(9-5-14)29-23(31)19-11-7-16(13-21(19)25(34)35)26(2,27)15-6-10-18(22(30)28-3)20(12-15)24(32)33/h4-13H,1-3H3,(H,28,30)(H,29,31)(H,32,33)(H,34,35). The first-order valence-electron chi connectivity index (χ1n) is 10.5. The quantitative estimate of drug-likeness (QED) is 0.402. The molecule has 3 aromatic carbocycles. The summed E-state index contributed by atoms with van der Waals surface area (Å²) < 4.78 is 16.0. The molecule has 0 heterocycles. The van der Waals surface area contributed by atoms with Crippen LogP contribution in [0, 0.1) is 6.92 Å². The topological polar surface area (TPSA) is 133 Å². The molecule has 4 N–H and O–H groups in total. The zero-order valence-corrected chi connectivity index (χ0v) is 19.2. The molecule has 8 nitrogen and oxygen atoms in total. The number of carbonyl (C=O) groups is 4. The summed E-state index contributed by atoms with van der Waals surface area (Å²) in [4.78, 5) is 48.3. The second-order valence-electron chi connectivity index (χ2n) is 8.03. The first-order chi connectivity index (χ1) is 16.4. The van der Waals surface area contributed by atoms with Crippen LogP contribution in [0.25, 0.3) is 0 Å². The molecule has 0 aromatic heterocycles. The third-order valence-corrected chi connectivity index (χ3v) is 5.61. The Hall–Kier alpha value is -4.53. The predicted octanol–water partition coefficient (Wildman–Crippen LogP) is 4.24. The van der Waals surface area contributed by atoms with Gasteiger partial charge in [-0.3, -0.25) is 9.59 Å². The van der Waals surface area contributed by atoms with Crippen LogP contribution in [0.1, 0.15) is 65.0 Å². The van der Waals surface area contributed by atoms with Crippen LogP contribution < -0.4 is 10.6 Å². The van der Waals surface area contributed by atoms with E-state index in [1.54, 1.807) is 24.3 Å². The van der Waals surface area contributed by atoms with E-state index in [2.05, 4.69) is 10.6 Å². The van der Waals surface area contributed by atoms with Gasteiger partial charge >= 0.3 is 11.9 Å². The van der Waals surface area contributed by atoms with Crippen molar-refractivity contribution in [3.63, 3.8) is 0 Å². The van der Waals surface area contributed by atoms with Crippen LogP contribution in [0.5, 0.6) is 0 Å². The van der Waals surface area contributed by atoms with Crippen molar-refractivity contribution in [2.45, 2.75) is 19.5 Å². The number of aromatic carboxylic acids is 2. The SMILES string of the molecule is CNC(=O)c1ccc(C(C)(F)c2ccc(C(=O)Nc3ccc(C)cc3)c(C(=O)O)c2)cc1C(=O)O. The summed E-state index contributed by atoms with van der Waals surface area (Å²) in [7, 11) is 1.34. The number of amides is 2. The Morgan fingerprint density at radius 1 is 0.743 bits per heavy atom. The van der Waals surface area contributed by atoms with Crippen molar-refractivity contribution in [3.05, 3.63) is 99.6 Å². The highest BCUT2D eigenvalue weighted by atomic mass is 19.1. The van der Waals surface area contributed by atoms with Crippen LogP contribution >= 0.6 is 0 Å². The molecule has 0 radical (unpaired) electrons. The molecule has 0 saturated carbocycles. The molecule has 3 rings (SSSR count). The maximum Gasteiger partial charge on any atom is 0.336 e. The maximum absolute atomic E-state index is 16.0. The van der Waals surface area contributed by atoms with Crippen LogP contribution in [0.15, 0.2) is 60.7 Å². The van der Waals surface area contributed by atoms with Crippen molar-refractivity contribution in [1.82, 2.24) is 5.32 Å². The van der Waals surface area contributed by atoms with Gasteiger partial charge in [-0.1, -0.05) is 29.8 Å². The van der Waals surface area contributed by atoms with Gasteiger partial charge in [-0.25, -0.2) is 14.0 Å². The zero-order valence-electron chi connectivity index (χ0n) is 19.2. The van der Waals surface area contributed by atoms with Crippen LogP contribution in [0.2, 0.25) is 0 Å². The Balaban J connectivity index is 2.02. The summed E-state index contributed by atoms with van der Waals surface area (Å²) in [6, 6.07) is 13.9. The van der Waals surface area contributed by atoms with Gasteiger partial charge in [-0.05, 0) is 61.4 Å². The average molecular weight is 478 g/mol. The minimum atomic E-state index is -2.33. The molecule has 0 bridgehead atoms. The molecule has 0 spiro atoms. The van der Waals surface area contributed by atoms with E-state index in [0.717, 1.165) is 24.6 Å². The number of hydrogen-bond acceptors (Lipinski definition) is 4. The lowest BCUT2D eigenvalue weighted by Gasteiger charge is -2.23. The number of hydrogen-bond donors (Lipinski definition) is 4. The first kappa shape index (κ1) is 25.1. The van der Waals surface area contributed by atoms with E-state index in [1.165, 1.54) is 31.3 Å².